The number of anilines is 1. The first-order valence-corrected chi connectivity index (χ1v) is 12.4. The molecule has 7 nitrogen and oxygen atoms in total. The number of alkyl halides is 3. The molecular weight excluding hydrogens is 473 g/mol. The Morgan fingerprint density at radius 1 is 1.06 bits per heavy atom. The van der Waals surface area contributed by atoms with Crippen LogP contribution in [-0.4, -0.2) is 39.7 Å². The van der Waals surface area contributed by atoms with Crippen molar-refractivity contribution in [1.29, 1.82) is 0 Å². The number of hydrogen-bond acceptors (Lipinski definition) is 7. The smallest absolute Gasteiger partial charge is 0.405 e. The maximum absolute atomic E-state index is 13.0. The highest BCUT2D eigenvalue weighted by molar-refractivity contribution is 5.70. The summed E-state index contributed by atoms with van der Waals surface area (Å²) >= 11 is 0. The molecule has 4 heterocycles. The average Bonchev–Trinajstić information content (AvgIpc) is 3.53. The molecule has 2 aliphatic heterocycles. The average molecular weight is 501 g/mol. The fraction of sp³-hybridized carbons (Fsp3) is 0.500. The number of piperidine rings is 1. The number of rotatable bonds is 7. The molecule has 3 aliphatic rings. The van der Waals surface area contributed by atoms with Gasteiger partial charge in [0.15, 0.2) is 0 Å². The summed E-state index contributed by atoms with van der Waals surface area (Å²) < 4.78 is 55.4. The molecule has 3 aromatic rings. The Bertz CT molecular complexity index is 1230. The van der Waals surface area contributed by atoms with E-state index in [0.29, 0.717) is 29.1 Å². The SMILES string of the molecule is Cc1ccnc(N2C3CCC2CC(OCc2c(-c4ccccc4OC(F)(F)F)noc2C2CC2)C3)n1. The fourth-order valence-corrected chi connectivity index (χ4v) is 5.57. The van der Waals surface area contributed by atoms with Crippen LogP contribution in [0, 0.1) is 6.92 Å². The highest BCUT2D eigenvalue weighted by Gasteiger charge is 2.43. The van der Waals surface area contributed by atoms with Crippen LogP contribution in [0.4, 0.5) is 19.1 Å². The van der Waals surface area contributed by atoms with Gasteiger partial charge in [0.1, 0.15) is 17.2 Å². The Balaban J connectivity index is 1.21. The van der Waals surface area contributed by atoms with Crippen molar-refractivity contribution >= 4 is 5.95 Å². The lowest BCUT2D eigenvalue weighted by atomic mass is 9.99. The summed E-state index contributed by atoms with van der Waals surface area (Å²) in [4.78, 5) is 11.5. The maximum Gasteiger partial charge on any atom is 0.573 e. The molecule has 0 N–H and O–H groups in total. The van der Waals surface area contributed by atoms with E-state index in [9.17, 15) is 13.2 Å². The van der Waals surface area contributed by atoms with Crippen LogP contribution in [0.1, 0.15) is 61.5 Å². The van der Waals surface area contributed by atoms with E-state index in [1.807, 2.05) is 13.0 Å². The third kappa shape index (κ3) is 4.66. The lowest BCUT2D eigenvalue weighted by Gasteiger charge is -2.38. The van der Waals surface area contributed by atoms with Gasteiger partial charge in [-0.3, -0.25) is 0 Å². The minimum atomic E-state index is -4.80. The molecule has 190 valence electrons. The molecule has 0 radical (unpaired) electrons. The van der Waals surface area contributed by atoms with Gasteiger partial charge < -0.3 is 18.9 Å². The van der Waals surface area contributed by atoms with E-state index < -0.39 is 6.36 Å². The summed E-state index contributed by atoms with van der Waals surface area (Å²) in [6.45, 7) is 2.20. The minimum absolute atomic E-state index is 0.0278. The second kappa shape index (κ2) is 9.06. The molecule has 10 heteroatoms. The van der Waals surface area contributed by atoms with Crippen LogP contribution in [0.15, 0.2) is 41.1 Å². The zero-order chi connectivity index (χ0) is 24.9. The van der Waals surface area contributed by atoms with Crippen LogP contribution in [0.3, 0.4) is 0 Å². The van der Waals surface area contributed by atoms with Crippen molar-refractivity contribution in [3.8, 4) is 17.0 Å². The van der Waals surface area contributed by atoms with E-state index in [2.05, 4.69) is 24.8 Å². The van der Waals surface area contributed by atoms with E-state index >= 15 is 0 Å². The molecule has 0 spiro atoms. The van der Waals surface area contributed by atoms with Crippen molar-refractivity contribution in [1.82, 2.24) is 15.1 Å². The fourth-order valence-electron chi connectivity index (χ4n) is 5.57. The lowest BCUT2D eigenvalue weighted by molar-refractivity contribution is -0.274. The van der Waals surface area contributed by atoms with Crippen molar-refractivity contribution in [2.75, 3.05) is 4.90 Å². The first kappa shape index (κ1) is 23.3. The molecule has 2 unspecified atom stereocenters. The highest BCUT2D eigenvalue weighted by atomic mass is 19.4. The van der Waals surface area contributed by atoms with Crippen molar-refractivity contribution in [2.45, 2.75) is 82.5 Å². The van der Waals surface area contributed by atoms with Gasteiger partial charge in [0.2, 0.25) is 5.95 Å². The molecule has 1 aliphatic carbocycles. The summed E-state index contributed by atoms with van der Waals surface area (Å²) in [5.41, 5.74) is 2.26. The van der Waals surface area contributed by atoms with Gasteiger partial charge >= 0.3 is 6.36 Å². The Morgan fingerprint density at radius 2 is 1.81 bits per heavy atom. The van der Waals surface area contributed by atoms with Crippen molar-refractivity contribution in [3.05, 3.63) is 53.5 Å². The first-order chi connectivity index (χ1) is 17.4. The number of aromatic nitrogens is 3. The van der Waals surface area contributed by atoms with E-state index in [1.54, 1.807) is 18.3 Å². The minimum Gasteiger partial charge on any atom is -0.405 e. The van der Waals surface area contributed by atoms with E-state index in [4.69, 9.17) is 9.26 Å². The summed E-state index contributed by atoms with van der Waals surface area (Å²) in [5.74, 6) is 1.42. The number of nitrogens with zero attached hydrogens (tertiary/aromatic N) is 4. The van der Waals surface area contributed by atoms with Crippen molar-refractivity contribution < 1.29 is 27.2 Å². The predicted octanol–water partition coefficient (Wildman–Crippen LogP) is 5.93. The van der Waals surface area contributed by atoms with Gasteiger partial charge in [-0.2, -0.15) is 0 Å². The van der Waals surface area contributed by atoms with Gasteiger partial charge in [-0.15, -0.1) is 13.2 Å². The zero-order valence-corrected chi connectivity index (χ0v) is 19.9. The largest absolute Gasteiger partial charge is 0.573 e. The Morgan fingerprint density at radius 3 is 2.50 bits per heavy atom. The summed E-state index contributed by atoms with van der Waals surface area (Å²) in [7, 11) is 0. The van der Waals surface area contributed by atoms with E-state index in [0.717, 1.165) is 50.2 Å². The zero-order valence-electron chi connectivity index (χ0n) is 19.9. The van der Waals surface area contributed by atoms with Crippen molar-refractivity contribution in [2.24, 2.45) is 0 Å². The normalized spacial score (nSPS) is 23.8. The second-order valence-corrected chi connectivity index (χ2v) is 9.89. The molecule has 1 saturated carbocycles. The van der Waals surface area contributed by atoms with Crippen LogP contribution in [0.25, 0.3) is 11.3 Å². The first-order valence-electron chi connectivity index (χ1n) is 12.4. The number of para-hydroxylation sites is 1. The third-order valence-corrected chi connectivity index (χ3v) is 7.30. The summed E-state index contributed by atoms with van der Waals surface area (Å²) in [5, 5.41) is 4.18. The molecule has 0 amide bonds. The van der Waals surface area contributed by atoms with Crippen LogP contribution in [0.5, 0.6) is 5.75 Å². The molecule has 36 heavy (non-hydrogen) atoms. The summed E-state index contributed by atoms with van der Waals surface area (Å²) in [6, 6.07) is 8.54. The van der Waals surface area contributed by atoms with Crippen molar-refractivity contribution in [3.63, 3.8) is 0 Å². The Kier molecular flexibility index (Phi) is 5.86. The quantitative estimate of drug-likeness (QED) is 0.398. The maximum atomic E-state index is 13.0. The number of benzene rings is 1. The van der Waals surface area contributed by atoms with E-state index in [1.165, 1.54) is 12.1 Å². The molecule has 2 aromatic heterocycles. The lowest BCUT2D eigenvalue weighted by Crippen LogP contribution is -2.46. The van der Waals surface area contributed by atoms with Gasteiger partial charge in [0.05, 0.1) is 12.7 Å². The van der Waals surface area contributed by atoms with Gasteiger partial charge in [-0.1, -0.05) is 17.3 Å². The number of ether oxygens (including phenoxy) is 2. The number of fused-ring (bicyclic) bond motifs is 2. The molecule has 1 aromatic carbocycles. The van der Waals surface area contributed by atoms with E-state index in [-0.39, 0.29) is 29.9 Å². The van der Waals surface area contributed by atoms with Crippen LogP contribution in [0.2, 0.25) is 0 Å². The topological polar surface area (TPSA) is 73.5 Å². The third-order valence-electron chi connectivity index (χ3n) is 7.30. The summed E-state index contributed by atoms with van der Waals surface area (Å²) in [6.07, 6.45) is 2.80. The van der Waals surface area contributed by atoms with Gasteiger partial charge in [-0.05, 0) is 63.6 Å². The predicted molar refractivity (Wildman–Crippen MR) is 124 cm³/mol. The Hall–Kier alpha value is -3.14. The van der Waals surface area contributed by atoms with Crippen LogP contribution < -0.4 is 9.64 Å². The number of halogens is 3. The highest BCUT2D eigenvalue weighted by Crippen LogP contribution is 2.46. The number of hydrogen-bond donors (Lipinski definition) is 0. The molecule has 2 bridgehead atoms. The van der Waals surface area contributed by atoms with Crippen LogP contribution in [-0.2, 0) is 11.3 Å². The molecule has 3 fully saturated rings. The standard InChI is InChI=1S/C26H27F3N4O3/c1-15-10-11-30-25(31-15)33-17-8-9-18(33)13-19(12-17)34-14-21-23(32-36-24(21)16-6-7-16)20-4-2-3-5-22(20)35-26(27,28)29/h2-5,10-11,16-19H,6-9,12-14H2,1H3. The molecule has 2 atom stereocenters. The molecule has 2 saturated heterocycles. The number of aryl methyl sites for hydroxylation is 1. The van der Waals surface area contributed by atoms with Gasteiger partial charge in [0.25, 0.3) is 0 Å². The second-order valence-electron chi connectivity index (χ2n) is 9.89. The van der Waals surface area contributed by atoms with Gasteiger partial charge in [0, 0.05) is 41.0 Å². The van der Waals surface area contributed by atoms with Gasteiger partial charge in [-0.25, -0.2) is 9.97 Å². The monoisotopic (exact) mass is 500 g/mol. The Labute approximate surface area is 206 Å². The van der Waals surface area contributed by atoms with Crippen LogP contribution >= 0.6 is 0 Å². The molecule has 6 rings (SSSR count). The molecular formula is C26H27F3N4O3.